The van der Waals surface area contributed by atoms with Gasteiger partial charge in [-0.25, -0.2) is 5.43 Å². The highest BCUT2D eigenvalue weighted by atomic mass is 16.5. The monoisotopic (exact) mass is 417 g/mol. The number of hydrogen-bond donors (Lipinski definition) is 3. The molecular formula is C25H27N3O3. The molecule has 1 aliphatic heterocycles. The summed E-state index contributed by atoms with van der Waals surface area (Å²) >= 11 is 0. The minimum atomic E-state index is -0.183. The Balaban J connectivity index is 1.36. The molecule has 2 unspecified atom stereocenters. The molecule has 1 heterocycles. The standard InChI is InChI=1S/C25H27N3O3/c1-30-23-14-19(12-13-22(23)31-17-18-8-4-2-5-9-18)15-26-25(29)21-16-27-28-24(21)20-10-6-3-7-11-20/h2-14,21,24,27-28H,15-17H2,1H3,(H,26,29). The van der Waals surface area contributed by atoms with Crippen LogP contribution in [0.5, 0.6) is 11.5 Å². The van der Waals surface area contributed by atoms with E-state index in [-0.39, 0.29) is 17.9 Å². The van der Waals surface area contributed by atoms with Crippen molar-refractivity contribution in [2.75, 3.05) is 13.7 Å². The summed E-state index contributed by atoms with van der Waals surface area (Å²) < 4.78 is 11.4. The zero-order chi connectivity index (χ0) is 21.5. The normalized spacial score (nSPS) is 17.8. The molecular weight excluding hydrogens is 390 g/mol. The number of amides is 1. The quantitative estimate of drug-likeness (QED) is 0.524. The van der Waals surface area contributed by atoms with Gasteiger partial charge in [-0.3, -0.25) is 10.2 Å². The summed E-state index contributed by atoms with van der Waals surface area (Å²) in [6.07, 6.45) is 0. The van der Waals surface area contributed by atoms with E-state index in [9.17, 15) is 4.79 Å². The van der Waals surface area contributed by atoms with Crippen molar-refractivity contribution in [2.24, 2.45) is 5.92 Å². The number of hydrazine groups is 1. The minimum absolute atomic E-state index is 0.00900. The Bertz CT molecular complexity index is 995. The molecule has 1 aliphatic rings. The van der Waals surface area contributed by atoms with Crippen LogP contribution in [-0.4, -0.2) is 19.6 Å². The van der Waals surface area contributed by atoms with E-state index < -0.39 is 0 Å². The molecule has 0 spiro atoms. The van der Waals surface area contributed by atoms with Gasteiger partial charge < -0.3 is 14.8 Å². The number of ether oxygens (including phenoxy) is 2. The molecule has 3 N–H and O–H groups in total. The van der Waals surface area contributed by atoms with Crippen LogP contribution in [0.3, 0.4) is 0 Å². The maximum absolute atomic E-state index is 12.8. The predicted octanol–water partition coefficient (Wildman–Crippen LogP) is 3.36. The summed E-state index contributed by atoms with van der Waals surface area (Å²) in [6.45, 7) is 1.48. The van der Waals surface area contributed by atoms with Gasteiger partial charge in [-0.05, 0) is 28.8 Å². The van der Waals surface area contributed by atoms with E-state index >= 15 is 0 Å². The second kappa shape index (κ2) is 10.1. The molecule has 1 amide bonds. The first-order chi connectivity index (χ1) is 15.2. The fourth-order valence-electron chi connectivity index (χ4n) is 3.71. The van der Waals surface area contributed by atoms with Gasteiger partial charge in [0.25, 0.3) is 0 Å². The molecule has 160 valence electrons. The zero-order valence-corrected chi connectivity index (χ0v) is 17.5. The van der Waals surface area contributed by atoms with Gasteiger partial charge in [0.15, 0.2) is 11.5 Å². The van der Waals surface area contributed by atoms with E-state index in [0.717, 1.165) is 16.7 Å². The molecule has 0 saturated carbocycles. The maximum atomic E-state index is 12.8. The van der Waals surface area contributed by atoms with Crippen LogP contribution >= 0.6 is 0 Å². The molecule has 3 aromatic carbocycles. The van der Waals surface area contributed by atoms with Crippen LogP contribution in [0.1, 0.15) is 22.7 Å². The van der Waals surface area contributed by atoms with Crippen LogP contribution in [0.2, 0.25) is 0 Å². The highest BCUT2D eigenvalue weighted by Crippen LogP contribution is 2.29. The molecule has 1 saturated heterocycles. The van der Waals surface area contributed by atoms with Crippen LogP contribution in [0.25, 0.3) is 0 Å². The first-order valence-corrected chi connectivity index (χ1v) is 10.4. The third kappa shape index (κ3) is 5.23. The third-order valence-electron chi connectivity index (χ3n) is 5.41. The van der Waals surface area contributed by atoms with E-state index in [1.807, 2.05) is 78.9 Å². The minimum Gasteiger partial charge on any atom is -0.493 e. The second-order valence-corrected chi connectivity index (χ2v) is 7.50. The van der Waals surface area contributed by atoms with Gasteiger partial charge in [0.1, 0.15) is 6.61 Å². The van der Waals surface area contributed by atoms with Crippen LogP contribution in [0.15, 0.2) is 78.9 Å². The molecule has 0 aromatic heterocycles. The van der Waals surface area contributed by atoms with Crippen molar-refractivity contribution in [3.8, 4) is 11.5 Å². The lowest BCUT2D eigenvalue weighted by Gasteiger charge is -2.19. The second-order valence-electron chi connectivity index (χ2n) is 7.50. The van der Waals surface area contributed by atoms with Crippen molar-refractivity contribution in [3.63, 3.8) is 0 Å². The Morgan fingerprint density at radius 2 is 1.71 bits per heavy atom. The lowest BCUT2D eigenvalue weighted by atomic mass is 9.94. The first-order valence-electron chi connectivity index (χ1n) is 10.4. The fraction of sp³-hybridized carbons (Fsp3) is 0.240. The summed E-state index contributed by atoms with van der Waals surface area (Å²) in [5, 5.41) is 3.05. The largest absolute Gasteiger partial charge is 0.493 e. The highest BCUT2D eigenvalue weighted by Gasteiger charge is 2.33. The summed E-state index contributed by atoms with van der Waals surface area (Å²) in [7, 11) is 1.62. The highest BCUT2D eigenvalue weighted by molar-refractivity contribution is 5.80. The van der Waals surface area contributed by atoms with E-state index in [0.29, 0.717) is 31.2 Å². The van der Waals surface area contributed by atoms with E-state index in [1.54, 1.807) is 7.11 Å². The van der Waals surface area contributed by atoms with Gasteiger partial charge in [-0.15, -0.1) is 0 Å². The molecule has 1 fully saturated rings. The number of nitrogens with one attached hydrogen (secondary N) is 3. The third-order valence-corrected chi connectivity index (χ3v) is 5.41. The molecule has 0 bridgehead atoms. The zero-order valence-electron chi connectivity index (χ0n) is 17.5. The van der Waals surface area contributed by atoms with Crippen molar-refractivity contribution in [1.29, 1.82) is 0 Å². The van der Waals surface area contributed by atoms with Gasteiger partial charge in [0.05, 0.1) is 19.1 Å². The number of rotatable bonds is 8. The maximum Gasteiger partial charge on any atom is 0.226 e. The van der Waals surface area contributed by atoms with Gasteiger partial charge >= 0.3 is 0 Å². The van der Waals surface area contributed by atoms with Crippen molar-refractivity contribution in [3.05, 3.63) is 95.6 Å². The Labute approximate surface area is 182 Å². The van der Waals surface area contributed by atoms with Crippen LogP contribution in [-0.2, 0) is 17.9 Å². The summed E-state index contributed by atoms with van der Waals surface area (Å²) in [4.78, 5) is 12.8. The lowest BCUT2D eigenvalue weighted by molar-refractivity contribution is -0.125. The molecule has 6 nitrogen and oxygen atoms in total. The summed E-state index contributed by atoms with van der Waals surface area (Å²) in [5.74, 6) is 1.15. The van der Waals surface area contributed by atoms with Crippen LogP contribution in [0, 0.1) is 5.92 Å². The van der Waals surface area contributed by atoms with E-state index in [2.05, 4.69) is 16.2 Å². The predicted molar refractivity (Wildman–Crippen MR) is 119 cm³/mol. The van der Waals surface area contributed by atoms with Crippen molar-refractivity contribution in [1.82, 2.24) is 16.2 Å². The molecule has 3 aromatic rings. The number of benzene rings is 3. The van der Waals surface area contributed by atoms with E-state index in [1.165, 1.54) is 0 Å². The molecule has 31 heavy (non-hydrogen) atoms. The van der Waals surface area contributed by atoms with Crippen LogP contribution in [0.4, 0.5) is 0 Å². The van der Waals surface area contributed by atoms with Gasteiger partial charge in [-0.2, -0.15) is 0 Å². The average molecular weight is 418 g/mol. The van der Waals surface area contributed by atoms with Gasteiger partial charge in [0, 0.05) is 13.1 Å². The SMILES string of the molecule is COc1cc(CNC(=O)C2CNNC2c2ccccc2)ccc1OCc1ccccc1. The number of methoxy groups -OCH3 is 1. The van der Waals surface area contributed by atoms with Crippen molar-refractivity contribution >= 4 is 5.91 Å². The Morgan fingerprint density at radius 1 is 0.968 bits per heavy atom. The smallest absolute Gasteiger partial charge is 0.226 e. The first kappa shape index (κ1) is 20.9. The van der Waals surface area contributed by atoms with Crippen LogP contribution < -0.4 is 25.6 Å². The van der Waals surface area contributed by atoms with E-state index in [4.69, 9.17) is 9.47 Å². The Hall–Kier alpha value is -3.35. The van der Waals surface area contributed by atoms with Gasteiger partial charge in [-0.1, -0.05) is 66.7 Å². The molecule has 6 heteroatoms. The summed E-state index contributed by atoms with van der Waals surface area (Å²) in [6, 6.07) is 25.7. The Morgan fingerprint density at radius 3 is 2.45 bits per heavy atom. The summed E-state index contributed by atoms with van der Waals surface area (Å²) in [5.41, 5.74) is 9.45. The fourth-order valence-corrected chi connectivity index (χ4v) is 3.71. The van der Waals surface area contributed by atoms with Crippen molar-refractivity contribution in [2.45, 2.75) is 19.2 Å². The molecule has 4 rings (SSSR count). The van der Waals surface area contributed by atoms with Crippen molar-refractivity contribution < 1.29 is 14.3 Å². The number of carbonyl (C=O) groups is 1. The number of hydrogen-bond acceptors (Lipinski definition) is 5. The molecule has 0 aliphatic carbocycles. The molecule has 2 atom stereocenters. The topological polar surface area (TPSA) is 71.6 Å². The molecule has 0 radical (unpaired) electrons. The van der Waals surface area contributed by atoms with Gasteiger partial charge in [0.2, 0.25) is 5.91 Å². The number of carbonyl (C=O) groups excluding carboxylic acids is 1. The Kier molecular flexibility index (Phi) is 6.82. The lowest BCUT2D eigenvalue weighted by Crippen LogP contribution is -2.34. The average Bonchev–Trinajstić information content (AvgIpc) is 3.33.